The van der Waals surface area contributed by atoms with Crippen LogP contribution in [0.1, 0.15) is 19.5 Å². The van der Waals surface area contributed by atoms with E-state index < -0.39 is 0 Å². The summed E-state index contributed by atoms with van der Waals surface area (Å²) in [6, 6.07) is 5.36. The van der Waals surface area contributed by atoms with Crippen molar-refractivity contribution in [3.63, 3.8) is 0 Å². The van der Waals surface area contributed by atoms with Crippen molar-refractivity contribution in [3.8, 4) is 0 Å². The summed E-state index contributed by atoms with van der Waals surface area (Å²) < 4.78 is 8.15. The summed E-state index contributed by atoms with van der Waals surface area (Å²) in [5.74, 6) is 0. The first kappa shape index (κ1) is 14.7. The quantitative estimate of drug-likeness (QED) is 0.830. The van der Waals surface area contributed by atoms with Crippen LogP contribution in [0.4, 0.5) is 0 Å². The molecule has 0 aromatic carbocycles. The summed E-state index contributed by atoms with van der Waals surface area (Å²) in [5.41, 5.74) is 1.43. The number of morpholine rings is 1. The lowest BCUT2D eigenvalue weighted by Gasteiger charge is -2.35. The predicted octanol–water partition coefficient (Wildman–Crippen LogP) is 2.07. The Hall–Kier alpha value is -1.24. The Morgan fingerprint density at radius 2 is 2.05 bits per heavy atom. The van der Waals surface area contributed by atoms with Crippen LogP contribution in [0, 0.1) is 0 Å². The van der Waals surface area contributed by atoms with E-state index in [4.69, 9.17) is 4.74 Å². The van der Waals surface area contributed by atoms with Gasteiger partial charge in [-0.1, -0.05) is 0 Å². The zero-order valence-electron chi connectivity index (χ0n) is 12.1. The number of halogens is 1. The molecule has 0 spiro atoms. The molecule has 112 valence electrons. The molecule has 2 aromatic heterocycles. The highest BCUT2D eigenvalue weighted by molar-refractivity contribution is 9.10. The summed E-state index contributed by atoms with van der Waals surface area (Å²) >= 11 is 3.37. The van der Waals surface area contributed by atoms with Crippen molar-refractivity contribution in [1.82, 2.24) is 14.3 Å². The molecule has 3 rings (SSSR count). The topological polar surface area (TPSA) is 46.8 Å². The molecule has 1 saturated heterocycles. The van der Waals surface area contributed by atoms with E-state index in [0.29, 0.717) is 12.2 Å². The average molecular weight is 352 g/mol. The van der Waals surface area contributed by atoms with Crippen LogP contribution >= 0.6 is 15.9 Å². The molecule has 5 nitrogen and oxygen atoms in total. The Bertz CT molecular complexity index is 706. The molecular formula is C15H18BrN3O2. The number of rotatable bonds is 2. The van der Waals surface area contributed by atoms with Crippen molar-refractivity contribution in [3.05, 3.63) is 44.9 Å². The molecule has 1 aliphatic rings. The van der Waals surface area contributed by atoms with Gasteiger partial charge < -0.3 is 4.74 Å². The van der Waals surface area contributed by atoms with Gasteiger partial charge >= 0.3 is 0 Å². The van der Waals surface area contributed by atoms with Crippen molar-refractivity contribution in [2.75, 3.05) is 13.1 Å². The number of ether oxygens (including phenoxy) is 1. The van der Waals surface area contributed by atoms with Gasteiger partial charge in [-0.2, -0.15) is 0 Å². The molecule has 3 heterocycles. The zero-order chi connectivity index (χ0) is 15.0. The molecule has 0 radical (unpaired) electrons. The van der Waals surface area contributed by atoms with E-state index in [1.54, 1.807) is 16.7 Å². The minimum absolute atomic E-state index is 0.0503. The third kappa shape index (κ3) is 3.33. The number of hydrogen-bond acceptors (Lipinski definition) is 4. The van der Waals surface area contributed by atoms with Gasteiger partial charge in [-0.25, -0.2) is 4.98 Å². The van der Waals surface area contributed by atoms with Crippen LogP contribution in [0.25, 0.3) is 5.65 Å². The predicted molar refractivity (Wildman–Crippen MR) is 84.4 cm³/mol. The van der Waals surface area contributed by atoms with Gasteiger partial charge in [-0.05, 0) is 41.9 Å². The van der Waals surface area contributed by atoms with Gasteiger partial charge in [0, 0.05) is 36.4 Å². The molecule has 1 aliphatic heterocycles. The molecule has 0 unspecified atom stereocenters. The SMILES string of the molecule is C[C@@H]1CN(Cc2cc(=O)n3cc(Br)ccc3n2)C[C@H](C)O1. The summed E-state index contributed by atoms with van der Waals surface area (Å²) in [5, 5.41) is 0. The summed E-state index contributed by atoms with van der Waals surface area (Å²) in [6.07, 6.45) is 2.17. The van der Waals surface area contributed by atoms with Crippen molar-refractivity contribution < 1.29 is 4.74 Å². The van der Waals surface area contributed by atoms with Gasteiger partial charge in [0.2, 0.25) is 0 Å². The molecule has 0 saturated carbocycles. The fraction of sp³-hybridized carbons (Fsp3) is 0.467. The number of hydrogen-bond donors (Lipinski definition) is 0. The summed E-state index contributed by atoms with van der Waals surface area (Å²) in [4.78, 5) is 19.0. The first-order valence-corrected chi connectivity index (χ1v) is 7.86. The number of fused-ring (bicyclic) bond motifs is 1. The molecule has 0 bridgehead atoms. The highest BCUT2D eigenvalue weighted by atomic mass is 79.9. The van der Waals surface area contributed by atoms with E-state index in [1.165, 1.54) is 0 Å². The van der Waals surface area contributed by atoms with E-state index >= 15 is 0 Å². The highest BCUT2D eigenvalue weighted by Gasteiger charge is 2.22. The summed E-state index contributed by atoms with van der Waals surface area (Å²) in [6.45, 7) is 6.56. The fourth-order valence-corrected chi connectivity index (χ4v) is 3.19. The van der Waals surface area contributed by atoms with E-state index in [2.05, 4.69) is 39.7 Å². The number of nitrogens with zero attached hydrogens (tertiary/aromatic N) is 3. The molecule has 0 amide bonds. The van der Waals surface area contributed by atoms with Gasteiger partial charge in [-0.3, -0.25) is 14.1 Å². The molecule has 1 fully saturated rings. The minimum Gasteiger partial charge on any atom is -0.373 e. The lowest BCUT2D eigenvalue weighted by molar-refractivity contribution is -0.0707. The van der Waals surface area contributed by atoms with E-state index in [-0.39, 0.29) is 17.8 Å². The first-order valence-electron chi connectivity index (χ1n) is 7.07. The molecule has 0 N–H and O–H groups in total. The van der Waals surface area contributed by atoms with Gasteiger partial charge in [0.05, 0.1) is 17.9 Å². The largest absolute Gasteiger partial charge is 0.373 e. The Labute approximate surface area is 131 Å². The van der Waals surface area contributed by atoms with Crippen LogP contribution in [0.15, 0.2) is 33.7 Å². The molecule has 2 atom stereocenters. The molecular weight excluding hydrogens is 334 g/mol. The van der Waals surface area contributed by atoms with Crippen LogP contribution in [0.3, 0.4) is 0 Å². The van der Waals surface area contributed by atoms with Gasteiger partial charge in [0.25, 0.3) is 5.56 Å². The monoisotopic (exact) mass is 351 g/mol. The second-order valence-corrected chi connectivity index (χ2v) is 6.53. The maximum atomic E-state index is 12.2. The molecule has 6 heteroatoms. The van der Waals surface area contributed by atoms with Crippen LogP contribution in [-0.2, 0) is 11.3 Å². The van der Waals surface area contributed by atoms with Gasteiger partial charge in [0.15, 0.2) is 0 Å². The maximum Gasteiger partial charge on any atom is 0.258 e. The Kier molecular flexibility index (Phi) is 4.10. The third-order valence-corrected chi connectivity index (χ3v) is 4.03. The van der Waals surface area contributed by atoms with E-state index in [9.17, 15) is 4.79 Å². The van der Waals surface area contributed by atoms with Crippen LogP contribution in [-0.4, -0.2) is 39.6 Å². The second-order valence-electron chi connectivity index (χ2n) is 5.61. The zero-order valence-corrected chi connectivity index (χ0v) is 13.7. The first-order chi connectivity index (χ1) is 10.0. The fourth-order valence-electron chi connectivity index (χ4n) is 2.85. The van der Waals surface area contributed by atoms with E-state index in [0.717, 1.165) is 23.3 Å². The lowest BCUT2D eigenvalue weighted by atomic mass is 10.2. The van der Waals surface area contributed by atoms with Crippen LogP contribution in [0.5, 0.6) is 0 Å². The van der Waals surface area contributed by atoms with Crippen molar-refractivity contribution in [1.29, 1.82) is 0 Å². The van der Waals surface area contributed by atoms with Gasteiger partial charge in [0.1, 0.15) is 5.65 Å². The highest BCUT2D eigenvalue weighted by Crippen LogP contribution is 2.14. The van der Waals surface area contributed by atoms with Crippen LogP contribution < -0.4 is 5.56 Å². The Morgan fingerprint density at radius 1 is 1.33 bits per heavy atom. The Morgan fingerprint density at radius 3 is 2.76 bits per heavy atom. The van der Waals surface area contributed by atoms with Crippen molar-refractivity contribution in [2.45, 2.75) is 32.6 Å². The van der Waals surface area contributed by atoms with E-state index in [1.807, 2.05) is 12.1 Å². The Balaban J connectivity index is 1.87. The third-order valence-electron chi connectivity index (χ3n) is 3.56. The molecule has 21 heavy (non-hydrogen) atoms. The van der Waals surface area contributed by atoms with Crippen molar-refractivity contribution in [2.24, 2.45) is 0 Å². The lowest BCUT2D eigenvalue weighted by Crippen LogP contribution is -2.45. The maximum absolute atomic E-state index is 12.2. The minimum atomic E-state index is -0.0503. The normalized spacial score (nSPS) is 23.6. The number of aromatic nitrogens is 2. The van der Waals surface area contributed by atoms with Crippen LogP contribution in [0.2, 0.25) is 0 Å². The molecule has 0 aliphatic carbocycles. The smallest absolute Gasteiger partial charge is 0.258 e. The number of pyridine rings is 1. The average Bonchev–Trinajstić information content (AvgIpc) is 2.38. The standard InChI is InChI=1S/C15H18BrN3O2/c1-10-6-18(7-11(2)21-10)9-13-5-15(20)19-8-12(16)3-4-14(19)17-13/h3-5,8,10-11H,6-7,9H2,1-2H3/t10-,11+. The second kappa shape index (κ2) is 5.87. The van der Waals surface area contributed by atoms with Crippen molar-refractivity contribution >= 4 is 21.6 Å². The molecule has 2 aromatic rings. The van der Waals surface area contributed by atoms with Gasteiger partial charge in [-0.15, -0.1) is 0 Å². The summed E-state index contributed by atoms with van der Waals surface area (Å²) in [7, 11) is 0.